The van der Waals surface area contributed by atoms with Crippen molar-refractivity contribution in [1.82, 2.24) is 0 Å². The molecule has 0 aliphatic carbocycles. The van der Waals surface area contributed by atoms with Crippen molar-refractivity contribution >= 4 is 31.6 Å². The van der Waals surface area contributed by atoms with Crippen molar-refractivity contribution in [1.29, 1.82) is 0 Å². The van der Waals surface area contributed by atoms with Gasteiger partial charge in [0.1, 0.15) is 5.75 Å². The second-order valence-electron chi connectivity index (χ2n) is 4.14. The van der Waals surface area contributed by atoms with Crippen LogP contribution in [0.15, 0.2) is 57.9 Å². The fraction of sp³-hybridized carbons (Fsp3) is 0.0769. The SMILES string of the molecule is O=S(=O)(Nc1cccc(Br)c1)c1cccc(OC(F)(F)F)c1. The Bertz CT molecular complexity index is 778. The van der Waals surface area contributed by atoms with Crippen LogP contribution in [0.4, 0.5) is 18.9 Å². The molecule has 22 heavy (non-hydrogen) atoms. The number of rotatable bonds is 4. The Morgan fingerprint density at radius 1 is 1.05 bits per heavy atom. The molecule has 118 valence electrons. The quantitative estimate of drug-likeness (QED) is 0.845. The number of hydrogen-bond donors (Lipinski definition) is 1. The van der Waals surface area contributed by atoms with Crippen LogP contribution in [0.1, 0.15) is 0 Å². The number of sulfonamides is 1. The van der Waals surface area contributed by atoms with E-state index in [0.717, 1.165) is 18.2 Å². The van der Waals surface area contributed by atoms with E-state index in [1.807, 2.05) is 0 Å². The largest absolute Gasteiger partial charge is 0.573 e. The van der Waals surface area contributed by atoms with E-state index in [4.69, 9.17) is 0 Å². The molecule has 9 heteroatoms. The van der Waals surface area contributed by atoms with E-state index in [1.54, 1.807) is 12.1 Å². The number of ether oxygens (including phenoxy) is 1. The van der Waals surface area contributed by atoms with Gasteiger partial charge in [-0.05, 0) is 30.3 Å². The van der Waals surface area contributed by atoms with Gasteiger partial charge in [0, 0.05) is 16.2 Å². The van der Waals surface area contributed by atoms with E-state index >= 15 is 0 Å². The highest BCUT2D eigenvalue weighted by Crippen LogP contribution is 2.26. The average Bonchev–Trinajstić information content (AvgIpc) is 2.36. The van der Waals surface area contributed by atoms with Crippen molar-refractivity contribution in [2.45, 2.75) is 11.3 Å². The van der Waals surface area contributed by atoms with Crippen LogP contribution in [0.3, 0.4) is 0 Å². The molecule has 0 radical (unpaired) electrons. The lowest BCUT2D eigenvalue weighted by molar-refractivity contribution is -0.274. The second-order valence-corrected chi connectivity index (χ2v) is 6.74. The van der Waals surface area contributed by atoms with Gasteiger partial charge in [0.2, 0.25) is 0 Å². The Morgan fingerprint density at radius 3 is 2.36 bits per heavy atom. The Kier molecular flexibility index (Phi) is 4.66. The zero-order valence-corrected chi connectivity index (χ0v) is 13.2. The van der Waals surface area contributed by atoms with E-state index < -0.39 is 22.1 Å². The molecule has 0 heterocycles. The van der Waals surface area contributed by atoms with Gasteiger partial charge < -0.3 is 4.74 Å². The fourth-order valence-corrected chi connectivity index (χ4v) is 3.09. The number of alkyl halides is 3. The summed E-state index contributed by atoms with van der Waals surface area (Å²) in [7, 11) is -4.03. The van der Waals surface area contributed by atoms with Gasteiger partial charge in [0.05, 0.1) is 4.90 Å². The lowest BCUT2D eigenvalue weighted by Gasteiger charge is -2.11. The van der Waals surface area contributed by atoms with Crippen LogP contribution < -0.4 is 9.46 Å². The van der Waals surface area contributed by atoms with Gasteiger partial charge in [-0.25, -0.2) is 8.42 Å². The first kappa shape index (κ1) is 16.6. The first-order valence-corrected chi connectivity index (χ1v) is 8.07. The number of anilines is 1. The first-order valence-electron chi connectivity index (χ1n) is 5.80. The Labute approximate surface area is 133 Å². The van der Waals surface area contributed by atoms with Crippen LogP contribution in [-0.2, 0) is 10.0 Å². The van der Waals surface area contributed by atoms with E-state index in [9.17, 15) is 21.6 Å². The maximum Gasteiger partial charge on any atom is 0.573 e. The maximum absolute atomic E-state index is 12.2. The minimum atomic E-state index is -4.89. The summed E-state index contributed by atoms with van der Waals surface area (Å²) in [6.07, 6.45) is -4.89. The molecule has 2 aromatic rings. The summed E-state index contributed by atoms with van der Waals surface area (Å²) in [6.45, 7) is 0. The first-order chi connectivity index (χ1) is 10.2. The van der Waals surface area contributed by atoms with Crippen LogP contribution in [0.2, 0.25) is 0 Å². The molecule has 1 N–H and O–H groups in total. The predicted octanol–water partition coefficient (Wildman–Crippen LogP) is 4.15. The van der Waals surface area contributed by atoms with Crippen molar-refractivity contribution in [3.05, 3.63) is 53.0 Å². The molecule has 0 atom stereocenters. The fourth-order valence-electron chi connectivity index (χ4n) is 1.60. The van der Waals surface area contributed by atoms with Gasteiger partial charge >= 0.3 is 6.36 Å². The summed E-state index contributed by atoms with van der Waals surface area (Å²) in [6, 6.07) is 10.5. The molecule has 0 saturated carbocycles. The van der Waals surface area contributed by atoms with Gasteiger partial charge in [-0.1, -0.05) is 28.1 Å². The Morgan fingerprint density at radius 2 is 1.73 bits per heavy atom. The van der Waals surface area contributed by atoms with Crippen molar-refractivity contribution in [2.75, 3.05) is 4.72 Å². The third kappa shape index (κ3) is 4.63. The molecule has 0 bridgehead atoms. The molecule has 0 aliphatic rings. The van der Waals surface area contributed by atoms with E-state index in [0.29, 0.717) is 4.47 Å². The average molecular weight is 396 g/mol. The Balaban J connectivity index is 2.28. The molecule has 0 fully saturated rings. The molecule has 0 spiro atoms. The molecule has 0 saturated heterocycles. The van der Waals surface area contributed by atoms with Crippen LogP contribution in [0.5, 0.6) is 5.75 Å². The zero-order valence-electron chi connectivity index (χ0n) is 10.8. The molecular formula is C13H9BrF3NO3S. The smallest absolute Gasteiger partial charge is 0.406 e. The van der Waals surface area contributed by atoms with Crippen molar-refractivity contribution in [2.24, 2.45) is 0 Å². The van der Waals surface area contributed by atoms with Gasteiger partial charge in [-0.2, -0.15) is 0 Å². The van der Waals surface area contributed by atoms with Crippen molar-refractivity contribution < 1.29 is 26.3 Å². The number of hydrogen-bond acceptors (Lipinski definition) is 3. The highest BCUT2D eigenvalue weighted by atomic mass is 79.9. The summed E-state index contributed by atoms with van der Waals surface area (Å²) in [5, 5.41) is 0. The van der Waals surface area contributed by atoms with Gasteiger partial charge in [-0.3, -0.25) is 4.72 Å². The van der Waals surface area contributed by atoms with E-state index in [-0.39, 0.29) is 10.6 Å². The minimum absolute atomic E-state index is 0.275. The van der Waals surface area contributed by atoms with Crippen molar-refractivity contribution in [3.63, 3.8) is 0 Å². The molecule has 0 aromatic heterocycles. The van der Waals surface area contributed by atoms with Crippen LogP contribution in [0, 0.1) is 0 Å². The number of benzene rings is 2. The third-order valence-corrected chi connectivity index (χ3v) is 4.30. The number of halogens is 4. The van der Waals surface area contributed by atoms with Crippen molar-refractivity contribution in [3.8, 4) is 5.75 Å². The van der Waals surface area contributed by atoms with Gasteiger partial charge in [0.25, 0.3) is 10.0 Å². The normalized spacial score (nSPS) is 12.0. The zero-order chi connectivity index (χ0) is 16.4. The lowest BCUT2D eigenvalue weighted by Crippen LogP contribution is -2.18. The van der Waals surface area contributed by atoms with Gasteiger partial charge in [0.15, 0.2) is 0 Å². The van der Waals surface area contributed by atoms with E-state index in [1.165, 1.54) is 18.2 Å². The molecule has 0 amide bonds. The van der Waals surface area contributed by atoms with Crippen LogP contribution in [-0.4, -0.2) is 14.8 Å². The summed E-state index contributed by atoms with van der Waals surface area (Å²) < 4.78 is 67.5. The molecule has 2 aromatic carbocycles. The van der Waals surface area contributed by atoms with Gasteiger partial charge in [-0.15, -0.1) is 13.2 Å². The molecule has 2 rings (SSSR count). The molecule has 0 unspecified atom stereocenters. The maximum atomic E-state index is 12.2. The summed E-state index contributed by atoms with van der Waals surface area (Å²) in [5.41, 5.74) is 0.275. The minimum Gasteiger partial charge on any atom is -0.406 e. The summed E-state index contributed by atoms with van der Waals surface area (Å²) in [5.74, 6) is -0.607. The second kappa shape index (κ2) is 6.17. The lowest BCUT2D eigenvalue weighted by atomic mass is 10.3. The highest BCUT2D eigenvalue weighted by Gasteiger charge is 2.31. The standard InChI is InChI=1S/C13H9BrF3NO3S/c14-9-3-1-4-10(7-9)18-22(19,20)12-6-2-5-11(8-12)21-13(15,16)17/h1-8,18H. The summed E-state index contributed by atoms with van der Waals surface area (Å²) >= 11 is 3.19. The monoisotopic (exact) mass is 395 g/mol. The topological polar surface area (TPSA) is 55.4 Å². The summed E-state index contributed by atoms with van der Waals surface area (Å²) in [4.78, 5) is -0.339. The predicted molar refractivity (Wildman–Crippen MR) is 78.1 cm³/mol. The molecule has 4 nitrogen and oxygen atoms in total. The van der Waals surface area contributed by atoms with E-state index in [2.05, 4.69) is 25.4 Å². The Hall–Kier alpha value is -1.74. The third-order valence-electron chi connectivity index (χ3n) is 2.43. The highest BCUT2D eigenvalue weighted by molar-refractivity contribution is 9.10. The van der Waals surface area contributed by atoms with Crippen LogP contribution >= 0.6 is 15.9 Å². The van der Waals surface area contributed by atoms with Crippen LogP contribution in [0.25, 0.3) is 0 Å². The number of nitrogens with one attached hydrogen (secondary N) is 1. The molecule has 0 aliphatic heterocycles. The molecular weight excluding hydrogens is 387 g/mol.